The van der Waals surface area contributed by atoms with Crippen LogP contribution in [0.5, 0.6) is 5.75 Å². The highest BCUT2D eigenvalue weighted by molar-refractivity contribution is 5.98. The fourth-order valence-electron chi connectivity index (χ4n) is 1.87. The van der Waals surface area contributed by atoms with Crippen molar-refractivity contribution in [2.45, 2.75) is 6.92 Å². The van der Waals surface area contributed by atoms with Gasteiger partial charge in [0.05, 0.1) is 17.5 Å². The van der Waals surface area contributed by atoms with E-state index in [4.69, 9.17) is 9.84 Å². The number of benzene rings is 1. The number of nitrogens with one attached hydrogen (secondary N) is 1. The second-order valence-corrected chi connectivity index (χ2v) is 3.76. The van der Waals surface area contributed by atoms with Crippen molar-refractivity contribution in [2.24, 2.45) is 0 Å². The Labute approximate surface area is 101 Å². The first kappa shape index (κ1) is 11.9. The van der Waals surface area contributed by atoms with Crippen LogP contribution in [0.25, 0.3) is 10.9 Å². The lowest BCUT2D eigenvalue weighted by Gasteiger charge is -2.01. The van der Waals surface area contributed by atoms with Crippen molar-refractivity contribution in [3.8, 4) is 5.75 Å². The van der Waals surface area contributed by atoms with Gasteiger partial charge in [0.1, 0.15) is 5.69 Å². The number of aromatic carboxylic acids is 1. The number of carboxylic acids is 1. The predicted octanol–water partition coefficient (Wildman–Crippen LogP) is 2.09. The van der Waals surface area contributed by atoms with Crippen molar-refractivity contribution in [3.05, 3.63) is 33.5 Å². The number of hydrogen-bond acceptors (Lipinski definition) is 4. The Kier molecular flexibility index (Phi) is 2.66. The van der Waals surface area contributed by atoms with E-state index in [1.165, 1.54) is 19.2 Å². The number of aryl methyl sites for hydroxylation is 1. The Balaban J connectivity index is 2.80. The summed E-state index contributed by atoms with van der Waals surface area (Å²) in [6.45, 7) is 1.63. The number of aromatic nitrogens is 1. The van der Waals surface area contributed by atoms with E-state index in [1.54, 1.807) is 6.92 Å². The minimum atomic E-state index is -1.11. The summed E-state index contributed by atoms with van der Waals surface area (Å²) >= 11 is 0. The molecule has 0 radical (unpaired) electrons. The molecule has 0 unspecified atom stereocenters. The Hall–Kier alpha value is -2.57. The summed E-state index contributed by atoms with van der Waals surface area (Å²) < 4.78 is 4.94. The standard InChI is InChI=1S/C11H10N2O5/c1-5-6-3-9(18-2)8(13(16)17)4-7(6)12-10(5)11(14)15/h3-4,12H,1-2H3,(H,14,15). The molecule has 0 saturated heterocycles. The molecule has 0 aliphatic carbocycles. The normalized spacial score (nSPS) is 10.6. The molecule has 94 valence electrons. The van der Waals surface area contributed by atoms with Gasteiger partial charge in [0.2, 0.25) is 0 Å². The molecule has 0 amide bonds. The zero-order valence-electron chi connectivity index (χ0n) is 9.68. The van der Waals surface area contributed by atoms with E-state index < -0.39 is 10.9 Å². The molecular formula is C11H10N2O5. The first-order chi connectivity index (χ1) is 8.45. The number of hydrogen-bond donors (Lipinski definition) is 2. The lowest BCUT2D eigenvalue weighted by molar-refractivity contribution is -0.385. The van der Waals surface area contributed by atoms with Crippen LogP contribution in [-0.4, -0.2) is 28.1 Å². The second kappa shape index (κ2) is 4.02. The maximum Gasteiger partial charge on any atom is 0.352 e. The van der Waals surface area contributed by atoms with Gasteiger partial charge in [0.25, 0.3) is 0 Å². The zero-order chi connectivity index (χ0) is 13.4. The number of aromatic amines is 1. The van der Waals surface area contributed by atoms with Gasteiger partial charge in [0.15, 0.2) is 5.75 Å². The molecule has 0 fully saturated rings. The van der Waals surface area contributed by atoms with E-state index in [1.807, 2.05) is 0 Å². The molecule has 0 aliphatic rings. The van der Waals surface area contributed by atoms with Gasteiger partial charge >= 0.3 is 11.7 Å². The van der Waals surface area contributed by atoms with Crippen molar-refractivity contribution in [3.63, 3.8) is 0 Å². The van der Waals surface area contributed by atoms with Crippen LogP contribution in [-0.2, 0) is 0 Å². The van der Waals surface area contributed by atoms with E-state index in [2.05, 4.69) is 4.98 Å². The Morgan fingerprint density at radius 1 is 1.50 bits per heavy atom. The van der Waals surface area contributed by atoms with Gasteiger partial charge in [-0.25, -0.2) is 4.79 Å². The minimum Gasteiger partial charge on any atom is -0.490 e. The van der Waals surface area contributed by atoms with Crippen molar-refractivity contribution >= 4 is 22.6 Å². The van der Waals surface area contributed by atoms with E-state index in [0.29, 0.717) is 16.5 Å². The molecule has 0 aliphatic heterocycles. The fourth-order valence-corrected chi connectivity index (χ4v) is 1.87. The molecule has 0 atom stereocenters. The fraction of sp³-hybridized carbons (Fsp3) is 0.182. The highest BCUT2D eigenvalue weighted by Crippen LogP contribution is 2.34. The van der Waals surface area contributed by atoms with Gasteiger partial charge in [-0.1, -0.05) is 0 Å². The highest BCUT2D eigenvalue weighted by atomic mass is 16.6. The monoisotopic (exact) mass is 250 g/mol. The maximum absolute atomic E-state index is 11.0. The van der Waals surface area contributed by atoms with Crippen molar-refractivity contribution in [1.29, 1.82) is 0 Å². The number of nitro benzene ring substituents is 1. The number of nitro groups is 1. The van der Waals surface area contributed by atoms with Gasteiger partial charge in [0, 0.05) is 11.5 Å². The van der Waals surface area contributed by atoms with E-state index in [-0.39, 0.29) is 17.1 Å². The number of H-pyrrole nitrogens is 1. The average Bonchev–Trinajstić information content (AvgIpc) is 2.65. The first-order valence-electron chi connectivity index (χ1n) is 5.03. The largest absolute Gasteiger partial charge is 0.490 e. The van der Waals surface area contributed by atoms with Crippen molar-refractivity contribution in [2.75, 3.05) is 7.11 Å². The van der Waals surface area contributed by atoms with Crippen LogP contribution in [0.15, 0.2) is 12.1 Å². The van der Waals surface area contributed by atoms with Crippen LogP contribution in [0.2, 0.25) is 0 Å². The van der Waals surface area contributed by atoms with Crippen molar-refractivity contribution < 1.29 is 19.6 Å². The molecule has 0 bridgehead atoms. The van der Waals surface area contributed by atoms with Crippen LogP contribution < -0.4 is 4.74 Å². The first-order valence-corrected chi connectivity index (χ1v) is 5.03. The third kappa shape index (κ3) is 1.65. The summed E-state index contributed by atoms with van der Waals surface area (Å²) in [6, 6.07) is 2.74. The number of rotatable bonds is 3. The van der Waals surface area contributed by atoms with Gasteiger partial charge in [-0.3, -0.25) is 10.1 Å². The summed E-state index contributed by atoms with van der Waals surface area (Å²) in [6.07, 6.45) is 0. The van der Waals surface area contributed by atoms with Gasteiger partial charge < -0.3 is 14.8 Å². The van der Waals surface area contributed by atoms with E-state index >= 15 is 0 Å². The van der Waals surface area contributed by atoms with Crippen LogP contribution in [0, 0.1) is 17.0 Å². The summed E-state index contributed by atoms with van der Waals surface area (Å²) in [7, 11) is 1.33. The highest BCUT2D eigenvalue weighted by Gasteiger charge is 2.20. The molecule has 1 aromatic heterocycles. The molecule has 2 rings (SSSR count). The third-order valence-corrected chi connectivity index (χ3v) is 2.77. The number of nitrogens with zero attached hydrogens (tertiary/aromatic N) is 1. The second-order valence-electron chi connectivity index (χ2n) is 3.76. The summed E-state index contributed by atoms with van der Waals surface area (Å²) in [5.41, 5.74) is 0.735. The van der Waals surface area contributed by atoms with Gasteiger partial charge in [-0.2, -0.15) is 0 Å². The number of fused-ring (bicyclic) bond motifs is 1. The van der Waals surface area contributed by atoms with Gasteiger partial charge in [-0.05, 0) is 18.6 Å². The van der Waals surface area contributed by atoms with E-state index in [0.717, 1.165) is 0 Å². The number of methoxy groups -OCH3 is 1. The summed E-state index contributed by atoms with van der Waals surface area (Å²) in [5.74, 6) is -1.00. The molecule has 2 N–H and O–H groups in total. The van der Waals surface area contributed by atoms with Crippen LogP contribution in [0.4, 0.5) is 5.69 Å². The molecule has 2 aromatic rings. The topological polar surface area (TPSA) is 105 Å². The number of carbonyl (C=O) groups is 1. The van der Waals surface area contributed by atoms with Crippen molar-refractivity contribution in [1.82, 2.24) is 4.98 Å². The SMILES string of the molecule is COc1cc2c(C)c(C(=O)O)[nH]c2cc1[N+](=O)[O-]. The van der Waals surface area contributed by atoms with Gasteiger partial charge in [-0.15, -0.1) is 0 Å². The third-order valence-electron chi connectivity index (χ3n) is 2.77. The summed E-state index contributed by atoms with van der Waals surface area (Å²) in [4.78, 5) is 23.9. The molecular weight excluding hydrogens is 240 g/mol. The van der Waals surface area contributed by atoms with E-state index in [9.17, 15) is 14.9 Å². The molecule has 18 heavy (non-hydrogen) atoms. The average molecular weight is 250 g/mol. The molecule has 1 heterocycles. The predicted molar refractivity (Wildman–Crippen MR) is 63.2 cm³/mol. The Bertz CT molecular complexity index is 659. The van der Waals surface area contributed by atoms with Crippen LogP contribution in [0.3, 0.4) is 0 Å². The number of ether oxygens (including phenoxy) is 1. The minimum absolute atomic E-state index is 0.0209. The molecule has 1 aromatic carbocycles. The lowest BCUT2D eigenvalue weighted by Crippen LogP contribution is -1.97. The molecule has 0 spiro atoms. The lowest BCUT2D eigenvalue weighted by atomic mass is 10.1. The maximum atomic E-state index is 11.0. The molecule has 7 heteroatoms. The summed E-state index contributed by atoms with van der Waals surface area (Å²) in [5, 5.41) is 20.4. The Morgan fingerprint density at radius 2 is 2.17 bits per heavy atom. The van der Waals surface area contributed by atoms with Crippen LogP contribution in [0.1, 0.15) is 16.1 Å². The Morgan fingerprint density at radius 3 is 2.67 bits per heavy atom. The smallest absolute Gasteiger partial charge is 0.352 e. The quantitative estimate of drug-likeness (QED) is 0.640. The molecule has 0 saturated carbocycles. The molecule has 7 nitrogen and oxygen atoms in total. The zero-order valence-corrected chi connectivity index (χ0v) is 9.68. The number of carboxylic acid groups (broad SMARTS) is 1. The van der Waals surface area contributed by atoms with Crippen LogP contribution >= 0.6 is 0 Å².